The van der Waals surface area contributed by atoms with Gasteiger partial charge < -0.3 is 24.2 Å². The quantitative estimate of drug-likeness (QED) is 0.391. The number of allylic oxidation sites excluding steroid dienone is 4. The number of hydrogen-bond acceptors (Lipinski definition) is 8. The molecule has 0 amide bonds. The second-order valence-corrected chi connectivity index (χ2v) is 14.2. The van der Waals surface area contributed by atoms with Crippen LogP contribution in [0.2, 0.25) is 0 Å². The highest BCUT2D eigenvalue weighted by Gasteiger charge is 2.22. The maximum Gasteiger partial charge on any atom is 0.0594 e. The Labute approximate surface area is 276 Å². The van der Waals surface area contributed by atoms with E-state index in [-0.39, 0.29) is 0 Å². The van der Waals surface area contributed by atoms with Crippen LogP contribution in [0.3, 0.4) is 0 Å². The molecule has 0 aromatic carbocycles. The lowest BCUT2D eigenvalue weighted by Crippen LogP contribution is -2.55. The summed E-state index contributed by atoms with van der Waals surface area (Å²) in [5.74, 6) is 0. The maximum atomic E-state index is 5.71. The Morgan fingerprint density at radius 1 is 0.467 bits per heavy atom. The van der Waals surface area contributed by atoms with Gasteiger partial charge in [0, 0.05) is 103 Å². The second-order valence-electron chi connectivity index (χ2n) is 14.2. The van der Waals surface area contributed by atoms with Crippen LogP contribution in [0, 0.1) is 0 Å². The van der Waals surface area contributed by atoms with E-state index in [4.69, 9.17) is 9.47 Å². The van der Waals surface area contributed by atoms with Crippen LogP contribution in [0.5, 0.6) is 0 Å². The minimum absolute atomic E-state index is 0.869. The van der Waals surface area contributed by atoms with Gasteiger partial charge in [-0.25, -0.2) is 0 Å². The maximum absolute atomic E-state index is 5.71. The van der Waals surface area contributed by atoms with E-state index in [9.17, 15) is 0 Å². The van der Waals surface area contributed by atoms with Gasteiger partial charge in [-0.05, 0) is 83.7 Å². The van der Waals surface area contributed by atoms with E-state index < -0.39 is 0 Å². The highest BCUT2D eigenvalue weighted by atomic mass is 16.5. The molecule has 0 saturated carbocycles. The molecular weight excluding hydrogens is 560 g/mol. The first-order chi connectivity index (χ1) is 22.3. The van der Waals surface area contributed by atoms with Crippen LogP contribution < -0.4 is 0 Å². The summed E-state index contributed by atoms with van der Waals surface area (Å²) in [6.07, 6.45) is 22.8. The largest absolute Gasteiger partial charge is 0.379 e. The molecular formula is C37H68N6O2. The molecule has 9 heterocycles. The summed E-state index contributed by atoms with van der Waals surface area (Å²) in [6.45, 7) is 23.6. The molecule has 7 fully saturated rings. The zero-order valence-corrected chi connectivity index (χ0v) is 29.0. The summed E-state index contributed by atoms with van der Waals surface area (Å²) in [6, 6.07) is 0. The predicted octanol–water partition coefficient (Wildman–Crippen LogP) is 4.74. The molecule has 8 nitrogen and oxygen atoms in total. The molecule has 45 heavy (non-hydrogen) atoms. The number of likely N-dealkylation sites (tertiary alicyclic amines) is 1. The van der Waals surface area contributed by atoms with Crippen LogP contribution in [0.4, 0.5) is 0 Å². The molecule has 7 saturated heterocycles. The topological polar surface area (TPSA) is 37.9 Å². The zero-order valence-electron chi connectivity index (χ0n) is 29.0. The third-order valence-electron chi connectivity index (χ3n) is 10.9. The van der Waals surface area contributed by atoms with Gasteiger partial charge in [0.05, 0.1) is 26.4 Å². The van der Waals surface area contributed by atoms with Crippen molar-refractivity contribution in [3.63, 3.8) is 0 Å². The molecule has 0 aromatic heterocycles. The molecule has 0 atom stereocenters. The minimum Gasteiger partial charge on any atom is -0.379 e. The minimum atomic E-state index is 0.869. The number of morpholine rings is 1. The van der Waals surface area contributed by atoms with Gasteiger partial charge in [0.1, 0.15) is 0 Å². The van der Waals surface area contributed by atoms with Gasteiger partial charge in [-0.15, -0.1) is 0 Å². The van der Waals surface area contributed by atoms with Crippen molar-refractivity contribution in [1.29, 1.82) is 0 Å². The van der Waals surface area contributed by atoms with Gasteiger partial charge >= 0.3 is 0 Å². The summed E-state index contributed by atoms with van der Waals surface area (Å²) in [5, 5.41) is 0. The lowest BCUT2D eigenvalue weighted by Gasteiger charge is -2.41. The molecule has 0 aromatic rings. The molecule has 0 unspecified atom stereocenters. The van der Waals surface area contributed by atoms with Crippen LogP contribution in [0.1, 0.15) is 83.5 Å². The molecule has 0 spiro atoms. The zero-order chi connectivity index (χ0) is 30.8. The predicted molar refractivity (Wildman–Crippen MR) is 187 cm³/mol. The van der Waals surface area contributed by atoms with E-state index in [1.54, 1.807) is 11.4 Å². The number of piperazine rings is 3. The molecule has 0 aliphatic carbocycles. The lowest BCUT2D eigenvalue weighted by molar-refractivity contribution is 0.0173. The lowest BCUT2D eigenvalue weighted by atomic mass is 10.1. The standard InChI is InChI=1S/C13H26N2O2.C10H17N.C8H13N.C6H12N2/c1-2-4-14(5-3-1)6-10-16-11-7-15-8-12-17-13-9-15;1-2-6-10-7-3-5-9-11(10)8-4-1;1-2-6-9-7-3-5-8(9)4-1;1-2-8-5-3-7(1)4-6-8/h1-13H2;7H,1-6,8-9H2;4H,1-3,5-7H2;1-6H2. The van der Waals surface area contributed by atoms with Gasteiger partial charge in [0.15, 0.2) is 0 Å². The summed E-state index contributed by atoms with van der Waals surface area (Å²) in [5.41, 5.74) is 3.27. The highest BCUT2D eigenvalue weighted by molar-refractivity contribution is 5.08. The number of piperidine rings is 1. The van der Waals surface area contributed by atoms with Gasteiger partial charge in [-0.1, -0.05) is 25.0 Å². The van der Waals surface area contributed by atoms with E-state index in [0.29, 0.717) is 0 Å². The van der Waals surface area contributed by atoms with Crippen molar-refractivity contribution < 1.29 is 9.47 Å². The van der Waals surface area contributed by atoms with Gasteiger partial charge in [-0.3, -0.25) is 14.7 Å². The van der Waals surface area contributed by atoms with Gasteiger partial charge in [0.2, 0.25) is 0 Å². The van der Waals surface area contributed by atoms with Crippen LogP contribution in [-0.2, 0) is 9.47 Å². The number of ether oxygens (including phenoxy) is 2. The molecule has 258 valence electrons. The Hall–Kier alpha value is -1.16. The van der Waals surface area contributed by atoms with Crippen LogP contribution in [-0.4, -0.2) is 161 Å². The second kappa shape index (κ2) is 20.9. The summed E-state index contributed by atoms with van der Waals surface area (Å²) in [4.78, 5) is 15.2. The molecule has 9 aliphatic heterocycles. The van der Waals surface area contributed by atoms with Gasteiger partial charge in [-0.2, -0.15) is 0 Å². The Kier molecular flexibility index (Phi) is 16.4. The van der Waals surface area contributed by atoms with Crippen molar-refractivity contribution in [3.05, 3.63) is 23.5 Å². The van der Waals surface area contributed by atoms with E-state index in [1.165, 1.54) is 162 Å². The number of rotatable bonds is 6. The van der Waals surface area contributed by atoms with Crippen molar-refractivity contribution in [3.8, 4) is 0 Å². The Balaban J connectivity index is 0.000000124. The monoisotopic (exact) mass is 629 g/mol. The Bertz CT molecular complexity index is 805. The van der Waals surface area contributed by atoms with E-state index in [0.717, 1.165) is 52.6 Å². The average Bonchev–Trinajstić information content (AvgIpc) is 3.48. The van der Waals surface area contributed by atoms with Crippen LogP contribution >= 0.6 is 0 Å². The molecule has 9 rings (SSSR count). The third-order valence-corrected chi connectivity index (χ3v) is 10.9. The fraction of sp³-hybridized carbons (Fsp3) is 0.892. The normalized spacial score (nSPS) is 28.4. The van der Waals surface area contributed by atoms with E-state index in [1.807, 2.05) is 0 Å². The van der Waals surface area contributed by atoms with Crippen molar-refractivity contribution >= 4 is 0 Å². The molecule has 0 N–H and O–H groups in total. The first kappa shape index (κ1) is 35.2. The highest BCUT2D eigenvalue weighted by Crippen LogP contribution is 2.25. The Morgan fingerprint density at radius 2 is 0.933 bits per heavy atom. The smallest absolute Gasteiger partial charge is 0.0594 e. The molecule has 8 heteroatoms. The first-order valence-corrected chi connectivity index (χ1v) is 19.3. The summed E-state index contributed by atoms with van der Waals surface area (Å²) in [7, 11) is 0. The summed E-state index contributed by atoms with van der Waals surface area (Å²) >= 11 is 0. The number of nitrogens with zero attached hydrogens (tertiary/aromatic N) is 6. The van der Waals surface area contributed by atoms with Crippen molar-refractivity contribution in [2.45, 2.75) is 83.5 Å². The molecule has 9 aliphatic rings. The average molecular weight is 629 g/mol. The number of hydrogen-bond donors (Lipinski definition) is 0. The fourth-order valence-corrected chi connectivity index (χ4v) is 7.93. The van der Waals surface area contributed by atoms with Crippen molar-refractivity contribution in [2.75, 3.05) is 131 Å². The Morgan fingerprint density at radius 3 is 1.51 bits per heavy atom. The van der Waals surface area contributed by atoms with Gasteiger partial charge in [0.25, 0.3) is 0 Å². The van der Waals surface area contributed by atoms with E-state index >= 15 is 0 Å². The molecule has 2 bridgehead atoms. The van der Waals surface area contributed by atoms with Crippen molar-refractivity contribution in [1.82, 2.24) is 29.4 Å². The third kappa shape index (κ3) is 13.1. The van der Waals surface area contributed by atoms with Crippen LogP contribution in [0.15, 0.2) is 23.5 Å². The first-order valence-electron chi connectivity index (χ1n) is 19.3. The summed E-state index contributed by atoms with van der Waals surface area (Å²) < 4.78 is 11.0. The molecule has 0 radical (unpaired) electrons. The van der Waals surface area contributed by atoms with E-state index in [2.05, 4.69) is 41.6 Å². The number of fused-ring (bicyclic) bond motifs is 5. The fourth-order valence-electron chi connectivity index (χ4n) is 7.93. The van der Waals surface area contributed by atoms with Crippen LogP contribution in [0.25, 0.3) is 0 Å². The van der Waals surface area contributed by atoms with Crippen molar-refractivity contribution in [2.24, 2.45) is 0 Å². The SMILES string of the molecule is C1=C2CCCCCN2CCC1.C1=C2CCCN2CCC1.C1CCN(CCOCCN2CCOCC2)CC1.C1CN2CCN1CC2.